The number of rotatable bonds is 8. The van der Waals surface area contributed by atoms with Crippen molar-refractivity contribution in [3.63, 3.8) is 0 Å². The minimum Gasteiger partial charge on any atom is -0.466 e. The molecule has 1 heterocycles. The number of nitrogens with zero attached hydrogens (tertiary/aromatic N) is 1. The Morgan fingerprint density at radius 1 is 1.18 bits per heavy atom. The molecule has 0 N–H and O–H groups in total. The fraction of sp³-hybridized carbons (Fsp3) is 0.565. The van der Waals surface area contributed by atoms with Gasteiger partial charge in [-0.2, -0.15) is 0 Å². The van der Waals surface area contributed by atoms with E-state index in [-0.39, 0.29) is 17.2 Å². The molecule has 1 aliphatic rings. The number of esters is 1. The minimum atomic E-state index is -0.0979. The predicted molar refractivity (Wildman–Crippen MR) is 116 cm³/mol. The summed E-state index contributed by atoms with van der Waals surface area (Å²) in [5, 5.41) is 1.08. The molecule has 5 heteroatoms. The van der Waals surface area contributed by atoms with Crippen molar-refractivity contribution < 1.29 is 14.3 Å². The summed E-state index contributed by atoms with van der Waals surface area (Å²) in [5.41, 5.74) is 3.29. The van der Waals surface area contributed by atoms with Crippen LogP contribution in [0.1, 0.15) is 75.3 Å². The first-order chi connectivity index (χ1) is 13.3. The lowest BCUT2D eigenvalue weighted by Gasteiger charge is -2.29. The van der Waals surface area contributed by atoms with Gasteiger partial charge in [0.25, 0.3) is 0 Å². The number of benzene rings is 1. The van der Waals surface area contributed by atoms with Crippen molar-refractivity contribution in [2.75, 3.05) is 6.61 Å². The summed E-state index contributed by atoms with van der Waals surface area (Å²) in [7, 11) is 0. The van der Waals surface area contributed by atoms with Gasteiger partial charge in [0.2, 0.25) is 0 Å². The number of aromatic nitrogens is 1. The molecule has 0 radical (unpaired) electrons. The van der Waals surface area contributed by atoms with Gasteiger partial charge in [-0.25, -0.2) is 0 Å². The summed E-state index contributed by atoms with van der Waals surface area (Å²) in [6.07, 6.45) is 6.07. The molecule has 0 unspecified atom stereocenters. The quantitative estimate of drug-likeness (QED) is 0.364. The fourth-order valence-electron chi connectivity index (χ4n) is 4.29. The summed E-state index contributed by atoms with van der Waals surface area (Å²) >= 11 is 3.56. The van der Waals surface area contributed by atoms with Crippen molar-refractivity contribution >= 4 is 38.6 Å². The van der Waals surface area contributed by atoms with E-state index >= 15 is 0 Å². The molecule has 3 rings (SSSR count). The van der Waals surface area contributed by atoms with Crippen LogP contribution < -0.4 is 0 Å². The van der Waals surface area contributed by atoms with E-state index in [4.69, 9.17) is 4.74 Å². The third-order valence-corrected chi connectivity index (χ3v) is 6.01. The number of Topliss-reactive ketones (excluding diaryl/α,β-unsaturated/α-hetero) is 1. The van der Waals surface area contributed by atoms with Gasteiger partial charge in [0.15, 0.2) is 5.78 Å². The highest BCUT2D eigenvalue weighted by atomic mass is 79.9. The third-order valence-electron chi connectivity index (χ3n) is 5.52. The van der Waals surface area contributed by atoms with Gasteiger partial charge in [0.05, 0.1) is 6.61 Å². The fourth-order valence-corrected chi connectivity index (χ4v) is 4.66. The van der Waals surface area contributed by atoms with E-state index in [9.17, 15) is 9.59 Å². The molecule has 0 fully saturated rings. The second-order valence-electron chi connectivity index (χ2n) is 8.54. The van der Waals surface area contributed by atoms with Crippen molar-refractivity contribution in [1.29, 1.82) is 0 Å². The number of hydrogen-bond donors (Lipinski definition) is 0. The van der Waals surface area contributed by atoms with Crippen LogP contribution in [0.15, 0.2) is 22.7 Å². The normalized spacial score (nSPS) is 15.6. The second kappa shape index (κ2) is 8.81. The number of ether oxygens (including phenoxy) is 1. The highest BCUT2D eigenvalue weighted by molar-refractivity contribution is 9.10. The topological polar surface area (TPSA) is 48.3 Å². The van der Waals surface area contributed by atoms with Crippen LogP contribution >= 0.6 is 15.9 Å². The number of ketones is 1. The van der Waals surface area contributed by atoms with E-state index in [1.807, 2.05) is 6.92 Å². The van der Waals surface area contributed by atoms with Crippen LogP contribution in [0.25, 0.3) is 10.9 Å². The number of fused-ring (bicyclic) bond motifs is 3. The summed E-state index contributed by atoms with van der Waals surface area (Å²) in [6, 6.07) is 6.26. The molecule has 0 saturated carbocycles. The maximum atomic E-state index is 12.9. The standard InChI is InChI=1S/C23H30BrNO3/c1-4-28-21(27)9-7-5-6-8-12-25-18-11-10-16(24)13-17(18)22-19(25)14-23(2,3)15-20(22)26/h10-11,13H,4-9,12,14-15H2,1-3H3. The highest BCUT2D eigenvalue weighted by Gasteiger charge is 2.35. The molecule has 0 spiro atoms. The molecule has 2 aromatic rings. The van der Waals surface area contributed by atoms with E-state index < -0.39 is 0 Å². The van der Waals surface area contributed by atoms with Gasteiger partial charge >= 0.3 is 5.97 Å². The number of aryl methyl sites for hydroxylation is 1. The molecule has 1 aromatic carbocycles. The van der Waals surface area contributed by atoms with Gasteiger partial charge in [-0.15, -0.1) is 0 Å². The maximum Gasteiger partial charge on any atom is 0.305 e. The van der Waals surface area contributed by atoms with Crippen molar-refractivity contribution in [2.24, 2.45) is 5.41 Å². The van der Waals surface area contributed by atoms with Crippen LogP contribution in [0, 0.1) is 5.41 Å². The smallest absolute Gasteiger partial charge is 0.305 e. The Labute approximate surface area is 175 Å². The predicted octanol–water partition coefficient (Wildman–Crippen LogP) is 6.07. The van der Waals surface area contributed by atoms with Crippen molar-refractivity contribution in [2.45, 2.75) is 72.3 Å². The van der Waals surface area contributed by atoms with Crippen molar-refractivity contribution in [3.8, 4) is 0 Å². The number of carbonyl (C=O) groups is 2. The first-order valence-electron chi connectivity index (χ1n) is 10.3. The zero-order chi connectivity index (χ0) is 20.3. The third kappa shape index (κ3) is 4.68. The lowest BCUT2D eigenvalue weighted by Crippen LogP contribution is -2.28. The maximum absolute atomic E-state index is 12.9. The summed E-state index contributed by atoms with van der Waals surface area (Å²) in [5.74, 6) is 0.168. The average Bonchev–Trinajstić information content (AvgIpc) is 2.89. The van der Waals surface area contributed by atoms with E-state index in [1.165, 1.54) is 5.69 Å². The van der Waals surface area contributed by atoms with Crippen molar-refractivity contribution in [3.05, 3.63) is 33.9 Å². The highest BCUT2D eigenvalue weighted by Crippen LogP contribution is 2.40. The number of hydrogen-bond acceptors (Lipinski definition) is 3. The summed E-state index contributed by atoms with van der Waals surface area (Å²) in [6.45, 7) is 7.57. The van der Waals surface area contributed by atoms with Crippen LogP contribution in [0.4, 0.5) is 0 Å². The monoisotopic (exact) mass is 447 g/mol. The minimum absolute atomic E-state index is 0.00702. The molecular weight excluding hydrogens is 418 g/mol. The van der Waals surface area contributed by atoms with Gasteiger partial charge in [-0.1, -0.05) is 42.6 Å². The number of carbonyl (C=O) groups excluding carboxylic acids is 2. The molecule has 0 atom stereocenters. The Balaban J connectivity index is 1.73. The second-order valence-corrected chi connectivity index (χ2v) is 9.46. The molecular formula is C23H30BrNO3. The van der Waals surface area contributed by atoms with Gasteiger partial charge in [-0.3, -0.25) is 9.59 Å². The Morgan fingerprint density at radius 2 is 1.93 bits per heavy atom. The molecule has 0 aliphatic heterocycles. The number of unbranched alkanes of at least 4 members (excludes halogenated alkanes) is 3. The Bertz CT molecular complexity index is 882. The molecule has 0 saturated heterocycles. The van der Waals surface area contributed by atoms with Gasteiger partial charge < -0.3 is 9.30 Å². The van der Waals surface area contributed by atoms with Crippen LogP contribution in [0.5, 0.6) is 0 Å². The Morgan fingerprint density at radius 3 is 2.68 bits per heavy atom. The summed E-state index contributed by atoms with van der Waals surface area (Å²) in [4.78, 5) is 24.3. The van der Waals surface area contributed by atoms with Gasteiger partial charge in [0.1, 0.15) is 0 Å². The van der Waals surface area contributed by atoms with E-state index in [1.54, 1.807) is 0 Å². The van der Waals surface area contributed by atoms with Crippen molar-refractivity contribution in [1.82, 2.24) is 4.57 Å². The van der Waals surface area contributed by atoms with E-state index in [0.717, 1.165) is 59.6 Å². The largest absolute Gasteiger partial charge is 0.466 e. The van der Waals surface area contributed by atoms with Crippen LogP contribution in [-0.2, 0) is 22.5 Å². The lowest BCUT2D eigenvalue weighted by atomic mass is 9.75. The number of halogens is 1. The lowest BCUT2D eigenvalue weighted by molar-refractivity contribution is -0.143. The van der Waals surface area contributed by atoms with E-state index in [2.05, 4.69) is 52.5 Å². The molecule has 152 valence electrons. The first kappa shape index (κ1) is 21.1. The van der Waals surface area contributed by atoms with Gasteiger partial charge in [-0.05, 0) is 49.8 Å². The first-order valence-corrected chi connectivity index (χ1v) is 11.1. The zero-order valence-electron chi connectivity index (χ0n) is 17.1. The molecule has 4 nitrogen and oxygen atoms in total. The van der Waals surface area contributed by atoms with E-state index in [0.29, 0.717) is 19.4 Å². The molecule has 1 aliphatic carbocycles. The Hall–Kier alpha value is -1.62. The zero-order valence-corrected chi connectivity index (χ0v) is 18.7. The van der Waals surface area contributed by atoms with Crippen LogP contribution in [0.3, 0.4) is 0 Å². The summed E-state index contributed by atoms with van der Waals surface area (Å²) < 4.78 is 8.35. The molecule has 28 heavy (non-hydrogen) atoms. The SMILES string of the molecule is CCOC(=O)CCCCCCn1c2c(c3cc(Br)ccc31)C(=O)CC(C)(C)C2. The molecule has 0 bridgehead atoms. The molecule has 1 aromatic heterocycles. The van der Waals surface area contributed by atoms with Crippen LogP contribution in [0.2, 0.25) is 0 Å². The Kier molecular flexibility index (Phi) is 6.64. The average molecular weight is 448 g/mol. The van der Waals surface area contributed by atoms with Crippen LogP contribution in [-0.4, -0.2) is 22.9 Å². The van der Waals surface area contributed by atoms with Gasteiger partial charge in [0, 0.05) is 46.0 Å². The molecule has 0 amide bonds.